The van der Waals surface area contributed by atoms with Crippen molar-refractivity contribution < 1.29 is 14.3 Å². The largest absolute Gasteiger partial charge is 0.497 e. The Morgan fingerprint density at radius 3 is 1.98 bits per heavy atom. The van der Waals surface area contributed by atoms with Crippen molar-refractivity contribution in [3.8, 4) is 11.5 Å². The van der Waals surface area contributed by atoms with Crippen molar-refractivity contribution in [2.45, 2.75) is 24.8 Å². The predicted octanol–water partition coefficient (Wildman–Crippen LogP) is 6.90. The van der Waals surface area contributed by atoms with E-state index in [1.807, 2.05) is 41.3 Å². The lowest BCUT2D eigenvalue weighted by atomic mass is 9.69. The minimum atomic E-state index is -0.159. The van der Waals surface area contributed by atoms with Crippen molar-refractivity contribution in [2.24, 2.45) is 0 Å². The second-order valence-corrected chi connectivity index (χ2v) is 12.2. The minimum absolute atomic E-state index is 0.104. The summed E-state index contributed by atoms with van der Waals surface area (Å²) in [7, 11) is 3.41. The molecule has 2 saturated heterocycles. The molecule has 2 fully saturated rings. The molecule has 0 N–H and O–H groups in total. The Morgan fingerprint density at radius 1 is 0.773 bits per heavy atom. The molecule has 0 unspecified atom stereocenters. The number of benzene rings is 4. The normalized spacial score (nSPS) is 16.9. The molecule has 0 bridgehead atoms. The summed E-state index contributed by atoms with van der Waals surface area (Å²) in [4.78, 5) is 20.4. The summed E-state index contributed by atoms with van der Waals surface area (Å²) in [5.41, 5.74) is 5.48. The van der Waals surface area contributed by atoms with E-state index in [9.17, 15) is 4.79 Å². The molecule has 1 amide bonds. The van der Waals surface area contributed by atoms with E-state index in [2.05, 4.69) is 70.5 Å². The molecule has 0 radical (unpaired) electrons. The van der Waals surface area contributed by atoms with Gasteiger partial charge in [-0.25, -0.2) is 0 Å². The number of carbonyl (C=O) groups excluding carboxylic acids is 1. The van der Waals surface area contributed by atoms with Crippen LogP contribution in [0.3, 0.4) is 0 Å². The lowest BCUT2D eigenvalue weighted by Gasteiger charge is -2.44. The Balaban J connectivity index is 1.17. The third-order valence-electron chi connectivity index (χ3n) is 9.20. The average Bonchev–Trinajstić information content (AvgIpc) is 3.08. The smallest absolute Gasteiger partial charge is 0.253 e. The van der Waals surface area contributed by atoms with Gasteiger partial charge in [0, 0.05) is 61.0 Å². The number of methoxy groups -OCH3 is 2. The number of likely N-dealkylation sites (tertiary alicyclic amines) is 1. The quantitative estimate of drug-likeness (QED) is 0.217. The first-order valence-electron chi connectivity index (χ1n) is 15.4. The predicted molar refractivity (Wildman–Crippen MR) is 177 cm³/mol. The number of rotatable bonds is 8. The van der Waals surface area contributed by atoms with Gasteiger partial charge in [0.25, 0.3) is 5.91 Å². The highest BCUT2D eigenvalue weighted by molar-refractivity contribution is 6.30. The maximum Gasteiger partial charge on any atom is 0.253 e. The van der Waals surface area contributed by atoms with Gasteiger partial charge in [-0.15, -0.1) is 0 Å². The molecule has 6 nitrogen and oxygen atoms in total. The van der Waals surface area contributed by atoms with Crippen LogP contribution in [0, 0.1) is 0 Å². The topological polar surface area (TPSA) is 45.3 Å². The Kier molecular flexibility index (Phi) is 9.10. The molecule has 4 aromatic carbocycles. The molecule has 0 aliphatic carbocycles. The van der Waals surface area contributed by atoms with Gasteiger partial charge in [-0.05, 0) is 96.7 Å². The van der Waals surface area contributed by atoms with Crippen LogP contribution in [0.1, 0.15) is 39.9 Å². The SMILES string of the molecule is COc1ccc(C2(c3ccc(OC)cc3)CCCN(Cc3cccc(C(=O)N4CCN(c5ccc(Cl)cc5)CC4)c3)C2)cc1. The van der Waals surface area contributed by atoms with Crippen LogP contribution < -0.4 is 14.4 Å². The summed E-state index contributed by atoms with van der Waals surface area (Å²) in [6, 6.07) is 33.2. The number of anilines is 1. The highest BCUT2D eigenvalue weighted by Crippen LogP contribution is 2.42. The number of hydrogen-bond acceptors (Lipinski definition) is 5. The van der Waals surface area contributed by atoms with Crippen LogP contribution in [0.4, 0.5) is 5.69 Å². The van der Waals surface area contributed by atoms with Crippen molar-refractivity contribution in [3.63, 3.8) is 0 Å². The first-order chi connectivity index (χ1) is 21.5. The third-order valence-corrected chi connectivity index (χ3v) is 9.45. The Labute approximate surface area is 265 Å². The molecule has 2 aliphatic heterocycles. The summed E-state index contributed by atoms with van der Waals surface area (Å²) in [5, 5.41) is 0.735. The first kappa shape index (κ1) is 30.0. The molecule has 0 atom stereocenters. The zero-order valence-corrected chi connectivity index (χ0v) is 26.3. The van der Waals surface area contributed by atoms with E-state index in [4.69, 9.17) is 21.1 Å². The lowest BCUT2D eigenvalue weighted by molar-refractivity contribution is 0.0746. The molecule has 0 spiro atoms. The van der Waals surface area contributed by atoms with Crippen LogP contribution >= 0.6 is 11.6 Å². The van der Waals surface area contributed by atoms with Gasteiger partial charge in [0.1, 0.15) is 11.5 Å². The number of nitrogens with zero attached hydrogens (tertiary/aromatic N) is 3. The molecule has 4 aromatic rings. The molecule has 0 saturated carbocycles. The maximum absolute atomic E-state index is 13.6. The summed E-state index contributed by atoms with van der Waals surface area (Å²) in [6.45, 7) is 5.70. The molecular formula is C37H40ClN3O3. The first-order valence-corrected chi connectivity index (χ1v) is 15.8. The van der Waals surface area contributed by atoms with Gasteiger partial charge >= 0.3 is 0 Å². The van der Waals surface area contributed by atoms with Crippen LogP contribution in [0.2, 0.25) is 5.02 Å². The molecule has 44 heavy (non-hydrogen) atoms. The van der Waals surface area contributed by atoms with Gasteiger partial charge in [-0.2, -0.15) is 0 Å². The third kappa shape index (κ3) is 6.42. The summed E-state index contributed by atoms with van der Waals surface area (Å²) < 4.78 is 10.9. The lowest BCUT2D eigenvalue weighted by Crippen LogP contribution is -2.48. The second-order valence-electron chi connectivity index (χ2n) is 11.8. The molecule has 2 aliphatic rings. The van der Waals surface area contributed by atoms with Crippen LogP contribution in [0.5, 0.6) is 11.5 Å². The van der Waals surface area contributed by atoms with Crippen molar-refractivity contribution in [1.82, 2.24) is 9.80 Å². The fourth-order valence-electron chi connectivity index (χ4n) is 6.80. The number of halogens is 1. The van der Waals surface area contributed by atoms with Gasteiger partial charge in [-0.3, -0.25) is 9.69 Å². The Morgan fingerprint density at radius 2 is 1.39 bits per heavy atom. The van der Waals surface area contributed by atoms with Crippen LogP contribution in [-0.4, -0.2) is 69.2 Å². The number of piperidine rings is 1. The molecule has 0 aromatic heterocycles. The number of amides is 1. The summed E-state index contributed by atoms with van der Waals surface area (Å²) in [6.07, 6.45) is 2.14. The monoisotopic (exact) mass is 609 g/mol. The molecule has 6 rings (SSSR count). The van der Waals surface area contributed by atoms with E-state index in [0.29, 0.717) is 13.1 Å². The van der Waals surface area contributed by atoms with Crippen molar-refractivity contribution >= 4 is 23.2 Å². The van der Waals surface area contributed by atoms with Gasteiger partial charge < -0.3 is 19.3 Å². The molecule has 7 heteroatoms. The van der Waals surface area contributed by atoms with Crippen molar-refractivity contribution in [3.05, 3.63) is 124 Å². The summed E-state index contributed by atoms with van der Waals surface area (Å²) >= 11 is 6.07. The zero-order valence-electron chi connectivity index (χ0n) is 25.5. The van der Waals surface area contributed by atoms with E-state index < -0.39 is 0 Å². The van der Waals surface area contributed by atoms with Crippen LogP contribution in [0.25, 0.3) is 0 Å². The summed E-state index contributed by atoms with van der Waals surface area (Å²) in [5.74, 6) is 1.82. The zero-order chi connectivity index (χ0) is 30.5. The Hall–Kier alpha value is -4.00. The number of ether oxygens (including phenoxy) is 2. The second kappa shape index (κ2) is 13.3. The minimum Gasteiger partial charge on any atom is -0.497 e. The molecule has 2 heterocycles. The number of piperazine rings is 1. The molecular weight excluding hydrogens is 570 g/mol. The van der Waals surface area contributed by atoms with E-state index in [-0.39, 0.29) is 11.3 Å². The van der Waals surface area contributed by atoms with Crippen LogP contribution in [0.15, 0.2) is 97.1 Å². The average molecular weight is 610 g/mol. The highest BCUT2D eigenvalue weighted by atomic mass is 35.5. The van der Waals surface area contributed by atoms with E-state index >= 15 is 0 Å². The van der Waals surface area contributed by atoms with Gasteiger partial charge in [0.05, 0.1) is 14.2 Å². The Bertz CT molecular complexity index is 1500. The van der Waals surface area contributed by atoms with E-state index in [1.165, 1.54) is 11.1 Å². The van der Waals surface area contributed by atoms with E-state index in [1.54, 1.807) is 14.2 Å². The van der Waals surface area contributed by atoms with Crippen molar-refractivity contribution in [2.75, 3.05) is 58.4 Å². The van der Waals surface area contributed by atoms with E-state index in [0.717, 1.165) is 78.9 Å². The number of hydrogen-bond donors (Lipinski definition) is 0. The van der Waals surface area contributed by atoms with Crippen molar-refractivity contribution in [1.29, 1.82) is 0 Å². The van der Waals surface area contributed by atoms with Crippen LogP contribution in [-0.2, 0) is 12.0 Å². The fraction of sp³-hybridized carbons (Fsp3) is 0.324. The molecule has 228 valence electrons. The van der Waals surface area contributed by atoms with Gasteiger partial charge in [0.2, 0.25) is 0 Å². The van der Waals surface area contributed by atoms with Gasteiger partial charge in [0.15, 0.2) is 0 Å². The fourth-order valence-corrected chi connectivity index (χ4v) is 6.93. The standard InChI is InChI=1S/C37H40ClN3O3/c1-43-34-15-7-30(8-16-34)37(31-9-17-35(44-2)18-10-31)19-4-20-39(27-37)26-28-5-3-6-29(25-28)36(42)41-23-21-40(22-24-41)33-13-11-32(38)12-14-33/h3,5-18,25H,4,19-24,26-27H2,1-2H3. The number of carbonyl (C=O) groups is 1. The highest BCUT2D eigenvalue weighted by Gasteiger charge is 2.39. The van der Waals surface area contributed by atoms with Gasteiger partial charge in [-0.1, -0.05) is 48.0 Å². The maximum atomic E-state index is 13.6.